The molecule has 0 fully saturated rings. The van der Waals surface area contributed by atoms with Crippen LogP contribution in [0.15, 0.2) is 16.6 Å². The van der Waals surface area contributed by atoms with Gasteiger partial charge in [0, 0.05) is 13.1 Å². The van der Waals surface area contributed by atoms with Crippen LogP contribution < -0.4 is 0 Å². The third kappa shape index (κ3) is 5.52. The highest BCUT2D eigenvalue weighted by molar-refractivity contribution is 5.87. The molecular formula is C9H15NO. The van der Waals surface area contributed by atoms with Gasteiger partial charge in [0.25, 0.3) is 0 Å². The summed E-state index contributed by atoms with van der Waals surface area (Å²) in [4.78, 5) is 14.0. The highest BCUT2D eigenvalue weighted by atomic mass is 16.1. The number of amides is 1. The molecule has 0 rings (SSSR count). The molecule has 0 aliphatic rings. The standard InChI is InChI=1S/C9H15NO/c1-7(2)8(3)5-6-10-9(4)11/h5-7H,1-4H3/b8-5+,10-6?. The molecule has 0 aromatic carbocycles. The molecule has 62 valence electrons. The first-order valence-electron chi connectivity index (χ1n) is 3.75. The van der Waals surface area contributed by atoms with Gasteiger partial charge in [-0.2, -0.15) is 0 Å². The molecule has 0 spiro atoms. The van der Waals surface area contributed by atoms with Crippen molar-refractivity contribution in [1.82, 2.24) is 0 Å². The molecule has 0 bridgehead atoms. The number of rotatable bonds is 2. The first-order valence-corrected chi connectivity index (χ1v) is 3.75. The van der Waals surface area contributed by atoms with Crippen LogP contribution >= 0.6 is 0 Å². The van der Waals surface area contributed by atoms with Crippen LogP contribution in [0.25, 0.3) is 0 Å². The van der Waals surface area contributed by atoms with E-state index in [1.807, 2.05) is 13.0 Å². The minimum Gasteiger partial charge on any atom is -0.273 e. The van der Waals surface area contributed by atoms with Crippen LogP contribution in [0.2, 0.25) is 0 Å². The first kappa shape index (κ1) is 10.1. The second-order valence-electron chi connectivity index (χ2n) is 2.86. The molecule has 0 radical (unpaired) electrons. The van der Waals surface area contributed by atoms with Crippen LogP contribution in [0.5, 0.6) is 0 Å². The van der Waals surface area contributed by atoms with Crippen LogP contribution in [0.4, 0.5) is 0 Å². The number of carbonyl (C=O) groups excluding carboxylic acids is 1. The second-order valence-corrected chi connectivity index (χ2v) is 2.86. The molecule has 0 aliphatic heterocycles. The van der Waals surface area contributed by atoms with Crippen molar-refractivity contribution < 1.29 is 4.79 Å². The van der Waals surface area contributed by atoms with Crippen LogP contribution in [0, 0.1) is 5.92 Å². The molecule has 0 atom stereocenters. The maximum Gasteiger partial charge on any atom is 0.242 e. The average Bonchev–Trinajstić information content (AvgIpc) is 1.86. The Bertz CT molecular complexity index is 190. The van der Waals surface area contributed by atoms with Gasteiger partial charge in [-0.05, 0) is 18.9 Å². The lowest BCUT2D eigenvalue weighted by Gasteiger charge is -2.00. The summed E-state index contributed by atoms with van der Waals surface area (Å²) in [6, 6.07) is 0. The Morgan fingerprint density at radius 3 is 2.27 bits per heavy atom. The maximum absolute atomic E-state index is 10.4. The summed E-state index contributed by atoms with van der Waals surface area (Å²) in [7, 11) is 0. The number of carbonyl (C=O) groups is 1. The molecule has 0 N–H and O–H groups in total. The van der Waals surface area contributed by atoms with Crippen LogP contribution in [0.3, 0.4) is 0 Å². The fourth-order valence-electron chi connectivity index (χ4n) is 0.452. The molecule has 0 heterocycles. The van der Waals surface area contributed by atoms with E-state index in [1.165, 1.54) is 12.5 Å². The van der Waals surface area contributed by atoms with Gasteiger partial charge in [-0.3, -0.25) is 4.79 Å². The lowest BCUT2D eigenvalue weighted by molar-refractivity contribution is -0.115. The van der Waals surface area contributed by atoms with Gasteiger partial charge < -0.3 is 0 Å². The molecule has 0 aromatic rings. The van der Waals surface area contributed by atoms with Crippen molar-refractivity contribution in [2.75, 3.05) is 0 Å². The molecular weight excluding hydrogens is 138 g/mol. The maximum atomic E-state index is 10.4. The minimum absolute atomic E-state index is 0.155. The van der Waals surface area contributed by atoms with Gasteiger partial charge >= 0.3 is 0 Å². The molecule has 0 saturated heterocycles. The van der Waals surface area contributed by atoms with Gasteiger partial charge in [0.05, 0.1) is 0 Å². The lowest BCUT2D eigenvalue weighted by atomic mass is 10.1. The van der Waals surface area contributed by atoms with Crippen molar-refractivity contribution in [2.45, 2.75) is 27.7 Å². The van der Waals surface area contributed by atoms with Crippen molar-refractivity contribution in [3.63, 3.8) is 0 Å². The van der Waals surface area contributed by atoms with E-state index < -0.39 is 0 Å². The van der Waals surface area contributed by atoms with Gasteiger partial charge in [-0.15, -0.1) is 0 Å². The van der Waals surface area contributed by atoms with Gasteiger partial charge in [0.15, 0.2) is 0 Å². The van der Waals surface area contributed by atoms with E-state index in [9.17, 15) is 4.79 Å². The second kappa shape index (κ2) is 4.83. The molecule has 2 heteroatoms. The minimum atomic E-state index is -0.155. The van der Waals surface area contributed by atoms with Gasteiger partial charge in [0.2, 0.25) is 5.91 Å². The van der Waals surface area contributed by atoms with Crippen molar-refractivity contribution in [2.24, 2.45) is 10.9 Å². The van der Waals surface area contributed by atoms with Crippen molar-refractivity contribution in [1.29, 1.82) is 0 Å². The Balaban J connectivity index is 4.01. The Morgan fingerprint density at radius 2 is 1.91 bits per heavy atom. The zero-order valence-electron chi connectivity index (χ0n) is 7.59. The number of nitrogens with zero attached hydrogens (tertiary/aromatic N) is 1. The molecule has 2 nitrogen and oxygen atoms in total. The summed E-state index contributed by atoms with van der Waals surface area (Å²) in [5.74, 6) is 0.367. The Kier molecular flexibility index (Phi) is 4.42. The van der Waals surface area contributed by atoms with Crippen LogP contribution in [-0.4, -0.2) is 12.1 Å². The van der Waals surface area contributed by atoms with Crippen LogP contribution in [0.1, 0.15) is 27.7 Å². The summed E-state index contributed by atoms with van der Waals surface area (Å²) in [6.07, 6.45) is 3.42. The predicted octanol–water partition coefficient (Wildman–Crippen LogP) is 2.21. The first-order chi connectivity index (χ1) is 5.04. The van der Waals surface area contributed by atoms with Gasteiger partial charge in [-0.25, -0.2) is 4.99 Å². The summed E-state index contributed by atoms with van der Waals surface area (Å²) >= 11 is 0. The number of hydrogen-bond acceptors (Lipinski definition) is 1. The van der Waals surface area contributed by atoms with Crippen LogP contribution in [-0.2, 0) is 4.79 Å². The molecule has 11 heavy (non-hydrogen) atoms. The van der Waals surface area contributed by atoms with Gasteiger partial charge in [-0.1, -0.05) is 19.4 Å². The monoisotopic (exact) mass is 153 g/mol. The quantitative estimate of drug-likeness (QED) is 0.559. The van der Waals surface area contributed by atoms with Crippen molar-refractivity contribution in [3.8, 4) is 0 Å². The van der Waals surface area contributed by atoms with Crippen molar-refractivity contribution >= 4 is 12.1 Å². The highest BCUT2D eigenvalue weighted by Crippen LogP contribution is 2.05. The third-order valence-corrected chi connectivity index (χ3v) is 1.50. The molecule has 0 aliphatic carbocycles. The van der Waals surface area contributed by atoms with Crippen molar-refractivity contribution in [3.05, 3.63) is 11.6 Å². The van der Waals surface area contributed by atoms with E-state index in [2.05, 4.69) is 18.8 Å². The normalized spacial score (nSPS) is 13.0. The molecule has 1 amide bonds. The molecule has 0 aromatic heterocycles. The van der Waals surface area contributed by atoms with E-state index in [0.717, 1.165) is 0 Å². The van der Waals surface area contributed by atoms with E-state index in [0.29, 0.717) is 5.92 Å². The largest absolute Gasteiger partial charge is 0.273 e. The number of aliphatic imine (C=N–C) groups is 1. The Labute approximate surface area is 68.0 Å². The topological polar surface area (TPSA) is 29.4 Å². The summed E-state index contributed by atoms with van der Waals surface area (Å²) in [5.41, 5.74) is 1.23. The van der Waals surface area contributed by atoms with Gasteiger partial charge in [0.1, 0.15) is 0 Å². The smallest absolute Gasteiger partial charge is 0.242 e. The van der Waals surface area contributed by atoms with E-state index in [1.54, 1.807) is 6.21 Å². The average molecular weight is 153 g/mol. The molecule has 0 saturated carbocycles. The van der Waals surface area contributed by atoms with E-state index in [-0.39, 0.29) is 5.91 Å². The zero-order chi connectivity index (χ0) is 8.85. The number of allylic oxidation sites excluding steroid dienone is 2. The lowest BCUT2D eigenvalue weighted by Crippen LogP contribution is -1.89. The number of hydrogen-bond donors (Lipinski definition) is 0. The Hall–Kier alpha value is -0.920. The van der Waals surface area contributed by atoms with E-state index in [4.69, 9.17) is 0 Å². The summed E-state index contributed by atoms with van der Waals surface area (Å²) in [5, 5.41) is 0. The predicted molar refractivity (Wildman–Crippen MR) is 47.8 cm³/mol. The SMILES string of the molecule is CC(=O)N=C/C=C(\C)C(C)C. The summed E-state index contributed by atoms with van der Waals surface area (Å²) < 4.78 is 0. The molecule has 0 unspecified atom stereocenters. The summed E-state index contributed by atoms with van der Waals surface area (Å²) in [6.45, 7) is 7.67. The third-order valence-electron chi connectivity index (χ3n) is 1.50. The van der Waals surface area contributed by atoms with E-state index >= 15 is 0 Å². The fourth-order valence-corrected chi connectivity index (χ4v) is 0.452. The zero-order valence-corrected chi connectivity index (χ0v) is 7.59. The Morgan fingerprint density at radius 1 is 1.36 bits per heavy atom. The highest BCUT2D eigenvalue weighted by Gasteiger charge is 1.92. The fraction of sp³-hybridized carbons (Fsp3) is 0.556.